The largest absolute Gasteiger partial charge is 0.484 e. The van der Waals surface area contributed by atoms with Crippen molar-refractivity contribution in [3.63, 3.8) is 0 Å². The third kappa shape index (κ3) is 4.94. The van der Waals surface area contributed by atoms with Crippen LogP contribution in [-0.4, -0.2) is 22.7 Å². The Morgan fingerprint density at radius 2 is 1.77 bits per heavy atom. The number of amides is 1. The van der Waals surface area contributed by atoms with E-state index in [2.05, 4.69) is 20.8 Å². The summed E-state index contributed by atoms with van der Waals surface area (Å²) in [6.45, 7) is 1.86. The van der Waals surface area contributed by atoms with Gasteiger partial charge in [0.2, 0.25) is 0 Å². The van der Waals surface area contributed by atoms with Crippen LogP contribution in [0.15, 0.2) is 60.7 Å². The van der Waals surface area contributed by atoms with Crippen LogP contribution in [0.2, 0.25) is 5.02 Å². The second kappa shape index (κ2) is 8.31. The van der Waals surface area contributed by atoms with Crippen LogP contribution in [0.5, 0.6) is 5.75 Å². The van der Waals surface area contributed by atoms with Crippen LogP contribution in [0.1, 0.15) is 5.56 Å². The number of para-hydroxylation sites is 1. The number of aromatic nitrogens is 2. The maximum absolute atomic E-state index is 11.9. The topological polar surface area (TPSA) is 76.1 Å². The summed E-state index contributed by atoms with van der Waals surface area (Å²) < 4.78 is 5.38. The number of hydrogen-bond donors (Lipinski definition) is 2. The van der Waals surface area contributed by atoms with Gasteiger partial charge in [0.05, 0.1) is 0 Å². The molecule has 1 heterocycles. The van der Waals surface area contributed by atoms with Crippen LogP contribution in [0.3, 0.4) is 0 Å². The Balaban J connectivity index is 1.55. The molecule has 3 aromatic rings. The number of carbonyl (C=O) groups is 1. The molecule has 6 nitrogen and oxygen atoms in total. The van der Waals surface area contributed by atoms with E-state index >= 15 is 0 Å². The Morgan fingerprint density at radius 1 is 1.04 bits per heavy atom. The molecule has 26 heavy (non-hydrogen) atoms. The number of nitrogens with zero attached hydrogens (tertiary/aromatic N) is 2. The molecule has 3 rings (SSSR count). The van der Waals surface area contributed by atoms with Gasteiger partial charge in [0.15, 0.2) is 18.2 Å². The van der Waals surface area contributed by atoms with Gasteiger partial charge in [0.25, 0.3) is 5.91 Å². The van der Waals surface area contributed by atoms with Gasteiger partial charge < -0.3 is 15.4 Å². The maximum atomic E-state index is 11.9. The number of carbonyl (C=O) groups excluding carboxylic acids is 1. The van der Waals surface area contributed by atoms with Gasteiger partial charge in [-0.25, -0.2) is 0 Å². The Kier molecular flexibility index (Phi) is 5.66. The normalized spacial score (nSPS) is 10.2. The molecule has 2 N–H and O–H groups in total. The lowest BCUT2D eigenvalue weighted by atomic mass is 10.2. The van der Waals surface area contributed by atoms with Crippen molar-refractivity contribution in [3.8, 4) is 5.75 Å². The van der Waals surface area contributed by atoms with E-state index < -0.39 is 0 Å². The summed E-state index contributed by atoms with van der Waals surface area (Å²) in [7, 11) is 0. The number of anilines is 3. The minimum absolute atomic E-state index is 0.104. The highest BCUT2D eigenvalue weighted by Crippen LogP contribution is 2.23. The van der Waals surface area contributed by atoms with Crippen molar-refractivity contribution in [1.29, 1.82) is 0 Å². The van der Waals surface area contributed by atoms with Crippen LogP contribution < -0.4 is 15.4 Å². The number of hydrogen-bond acceptors (Lipinski definition) is 5. The van der Waals surface area contributed by atoms with E-state index in [0.717, 1.165) is 11.3 Å². The van der Waals surface area contributed by atoms with Gasteiger partial charge in [-0.2, -0.15) is 0 Å². The Morgan fingerprint density at radius 3 is 2.50 bits per heavy atom. The third-order valence-corrected chi connectivity index (χ3v) is 3.74. The summed E-state index contributed by atoms with van der Waals surface area (Å²) in [4.78, 5) is 11.9. The van der Waals surface area contributed by atoms with Gasteiger partial charge in [-0.1, -0.05) is 35.9 Å². The summed E-state index contributed by atoms with van der Waals surface area (Å²) in [5.74, 6) is 1.22. The molecule has 7 heteroatoms. The van der Waals surface area contributed by atoms with E-state index in [1.54, 1.807) is 24.3 Å². The predicted octanol–water partition coefficient (Wildman–Crippen LogP) is 4.20. The molecule has 0 aliphatic rings. The SMILES string of the molecule is Cc1ccc(Cl)cc1Nc1ccc(NC(=O)COc2ccccc2)nn1. The lowest BCUT2D eigenvalue weighted by Gasteiger charge is -2.10. The first-order valence-electron chi connectivity index (χ1n) is 7.95. The molecule has 0 unspecified atom stereocenters. The van der Waals surface area contributed by atoms with E-state index in [0.29, 0.717) is 22.4 Å². The summed E-state index contributed by atoms with van der Waals surface area (Å²) in [5, 5.41) is 14.5. The highest BCUT2D eigenvalue weighted by molar-refractivity contribution is 6.30. The maximum Gasteiger partial charge on any atom is 0.263 e. The molecule has 1 aromatic heterocycles. The number of aryl methyl sites for hydroxylation is 1. The highest BCUT2D eigenvalue weighted by Gasteiger charge is 2.06. The van der Waals surface area contributed by atoms with E-state index in [-0.39, 0.29) is 12.5 Å². The molecule has 0 saturated carbocycles. The van der Waals surface area contributed by atoms with Crippen molar-refractivity contribution in [2.24, 2.45) is 0 Å². The molecule has 0 aliphatic carbocycles. The van der Waals surface area contributed by atoms with Crippen molar-refractivity contribution >= 4 is 34.8 Å². The summed E-state index contributed by atoms with van der Waals surface area (Å²) in [5.41, 5.74) is 1.88. The van der Waals surface area contributed by atoms with Gasteiger partial charge in [0.1, 0.15) is 5.75 Å². The summed E-state index contributed by atoms with van der Waals surface area (Å²) in [6.07, 6.45) is 0. The third-order valence-electron chi connectivity index (χ3n) is 3.51. The zero-order chi connectivity index (χ0) is 18.4. The second-order valence-corrected chi connectivity index (χ2v) is 5.97. The van der Waals surface area contributed by atoms with Crippen LogP contribution in [-0.2, 0) is 4.79 Å². The lowest BCUT2D eigenvalue weighted by molar-refractivity contribution is -0.118. The lowest BCUT2D eigenvalue weighted by Crippen LogP contribution is -2.21. The zero-order valence-electron chi connectivity index (χ0n) is 14.1. The monoisotopic (exact) mass is 368 g/mol. The van der Waals surface area contributed by atoms with E-state index in [4.69, 9.17) is 16.3 Å². The van der Waals surface area contributed by atoms with Crippen molar-refractivity contribution in [2.45, 2.75) is 6.92 Å². The fourth-order valence-electron chi connectivity index (χ4n) is 2.18. The molecule has 2 aromatic carbocycles. The van der Waals surface area contributed by atoms with Gasteiger partial charge in [-0.3, -0.25) is 4.79 Å². The molecule has 0 aliphatic heterocycles. The number of ether oxygens (including phenoxy) is 1. The Bertz CT molecular complexity index is 886. The Hall–Kier alpha value is -3.12. The molecule has 0 spiro atoms. The first-order chi connectivity index (χ1) is 12.6. The summed E-state index contributed by atoms with van der Waals surface area (Å²) in [6, 6.07) is 18.1. The number of benzene rings is 2. The minimum atomic E-state index is -0.311. The average molecular weight is 369 g/mol. The molecule has 132 valence electrons. The molecule has 0 atom stereocenters. The van der Waals surface area contributed by atoms with Gasteiger partial charge in [0, 0.05) is 10.7 Å². The summed E-state index contributed by atoms with van der Waals surface area (Å²) >= 11 is 6.00. The second-order valence-electron chi connectivity index (χ2n) is 5.54. The molecule has 0 radical (unpaired) electrons. The molecule has 0 fully saturated rings. The quantitative estimate of drug-likeness (QED) is 0.682. The van der Waals surface area contributed by atoms with E-state index in [1.807, 2.05) is 43.3 Å². The van der Waals surface area contributed by atoms with Crippen molar-refractivity contribution in [3.05, 3.63) is 71.2 Å². The first-order valence-corrected chi connectivity index (χ1v) is 8.32. The molecule has 1 amide bonds. The molecular formula is C19H17ClN4O2. The van der Waals surface area contributed by atoms with Crippen molar-refractivity contribution in [2.75, 3.05) is 17.2 Å². The van der Waals surface area contributed by atoms with Crippen molar-refractivity contribution in [1.82, 2.24) is 10.2 Å². The fraction of sp³-hybridized carbons (Fsp3) is 0.105. The molecule has 0 bridgehead atoms. The van der Waals surface area contributed by atoms with Crippen LogP contribution in [0, 0.1) is 6.92 Å². The van der Waals surface area contributed by atoms with E-state index in [9.17, 15) is 4.79 Å². The minimum Gasteiger partial charge on any atom is -0.484 e. The number of nitrogens with one attached hydrogen (secondary N) is 2. The smallest absolute Gasteiger partial charge is 0.263 e. The number of rotatable bonds is 6. The van der Waals surface area contributed by atoms with Crippen LogP contribution in [0.4, 0.5) is 17.3 Å². The van der Waals surface area contributed by atoms with E-state index in [1.165, 1.54) is 0 Å². The first kappa shape index (κ1) is 17.7. The van der Waals surface area contributed by atoms with Gasteiger partial charge >= 0.3 is 0 Å². The fourth-order valence-corrected chi connectivity index (χ4v) is 2.35. The van der Waals surface area contributed by atoms with Gasteiger partial charge in [-0.05, 0) is 48.9 Å². The number of halogens is 1. The zero-order valence-corrected chi connectivity index (χ0v) is 14.8. The average Bonchev–Trinajstić information content (AvgIpc) is 2.65. The van der Waals surface area contributed by atoms with Crippen LogP contribution >= 0.6 is 11.6 Å². The van der Waals surface area contributed by atoms with Crippen LogP contribution in [0.25, 0.3) is 0 Å². The standard InChI is InChI=1S/C19H17ClN4O2/c1-13-7-8-14(20)11-16(13)21-17-9-10-18(24-23-17)22-19(25)12-26-15-5-3-2-4-6-15/h2-11H,12H2,1H3,(H,21,23)(H,22,24,25). The molecule has 0 saturated heterocycles. The Labute approximate surface area is 156 Å². The predicted molar refractivity (Wildman–Crippen MR) is 102 cm³/mol. The van der Waals surface area contributed by atoms with Gasteiger partial charge in [-0.15, -0.1) is 10.2 Å². The van der Waals surface area contributed by atoms with Crippen molar-refractivity contribution < 1.29 is 9.53 Å². The molecular weight excluding hydrogens is 352 g/mol. The highest BCUT2D eigenvalue weighted by atomic mass is 35.5.